The van der Waals surface area contributed by atoms with E-state index in [-0.39, 0.29) is 4.87 Å². The van der Waals surface area contributed by atoms with Crippen molar-refractivity contribution in [3.05, 3.63) is 0 Å². The summed E-state index contributed by atoms with van der Waals surface area (Å²) >= 11 is 6.71. The molecule has 0 aliphatic rings. The van der Waals surface area contributed by atoms with Crippen LogP contribution in [-0.2, 0) is 0 Å². The standard InChI is InChI=1S/C13H27Cl/c1-6-7-8-13(14,9-11(2)3)10-12(4)5/h11-12H,6-10H2,1-5H3. The second-order valence-electron chi connectivity index (χ2n) is 5.45. The van der Waals surface area contributed by atoms with Crippen LogP contribution in [0.25, 0.3) is 0 Å². The van der Waals surface area contributed by atoms with Gasteiger partial charge in [-0.1, -0.05) is 47.5 Å². The largest absolute Gasteiger partial charge is 0.119 e. The molecule has 0 fully saturated rings. The Hall–Kier alpha value is 0.290. The van der Waals surface area contributed by atoms with Crippen LogP contribution in [0.15, 0.2) is 0 Å². The fourth-order valence-electron chi connectivity index (χ4n) is 2.24. The first-order valence-corrected chi connectivity index (χ1v) is 6.46. The highest BCUT2D eigenvalue weighted by molar-refractivity contribution is 6.23. The van der Waals surface area contributed by atoms with Crippen LogP contribution in [0.5, 0.6) is 0 Å². The van der Waals surface area contributed by atoms with E-state index >= 15 is 0 Å². The smallest absolute Gasteiger partial charge is 0.0451 e. The zero-order valence-electron chi connectivity index (χ0n) is 10.6. The lowest BCUT2D eigenvalue weighted by Gasteiger charge is -2.30. The van der Waals surface area contributed by atoms with Gasteiger partial charge in [-0.25, -0.2) is 0 Å². The first kappa shape index (κ1) is 14.3. The molecule has 0 aromatic carbocycles. The molecule has 0 heterocycles. The normalized spacial score (nSPS) is 12.9. The van der Waals surface area contributed by atoms with Crippen LogP contribution in [0, 0.1) is 11.8 Å². The zero-order chi connectivity index (χ0) is 11.2. The second kappa shape index (κ2) is 6.71. The van der Waals surface area contributed by atoms with Gasteiger partial charge in [0.15, 0.2) is 0 Å². The van der Waals surface area contributed by atoms with Crippen molar-refractivity contribution in [2.75, 3.05) is 0 Å². The van der Waals surface area contributed by atoms with E-state index in [0.717, 1.165) is 12.8 Å². The monoisotopic (exact) mass is 218 g/mol. The van der Waals surface area contributed by atoms with Gasteiger partial charge in [0.05, 0.1) is 0 Å². The minimum absolute atomic E-state index is 0.0678. The molecule has 0 radical (unpaired) electrons. The summed E-state index contributed by atoms with van der Waals surface area (Å²) < 4.78 is 0. The minimum atomic E-state index is 0.0678. The Labute approximate surface area is 95.4 Å². The van der Waals surface area contributed by atoms with Gasteiger partial charge in [0, 0.05) is 4.87 Å². The fourth-order valence-corrected chi connectivity index (χ4v) is 3.00. The summed E-state index contributed by atoms with van der Waals surface area (Å²) in [5.74, 6) is 1.42. The van der Waals surface area contributed by atoms with E-state index in [2.05, 4.69) is 34.6 Å². The van der Waals surface area contributed by atoms with Crippen LogP contribution >= 0.6 is 11.6 Å². The highest BCUT2D eigenvalue weighted by Crippen LogP contribution is 2.36. The summed E-state index contributed by atoms with van der Waals surface area (Å²) in [4.78, 5) is 0.0678. The van der Waals surface area contributed by atoms with Gasteiger partial charge in [-0.3, -0.25) is 0 Å². The molecule has 0 aromatic heterocycles. The highest BCUT2D eigenvalue weighted by atomic mass is 35.5. The molecule has 0 amide bonds. The number of rotatable bonds is 7. The lowest BCUT2D eigenvalue weighted by atomic mass is 9.85. The molecule has 0 spiro atoms. The average molecular weight is 219 g/mol. The Bertz CT molecular complexity index is 128. The molecule has 0 unspecified atom stereocenters. The van der Waals surface area contributed by atoms with Gasteiger partial charge in [-0.05, 0) is 31.1 Å². The first-order valence-electron chi connectivity index (χ1n) is 6.08. The third-order valence-corrected chi connectivity index (χ3v) is 3.02. The van der Waals surface area contributed by atoms with Crippen molar-refractivity contribution in [3.8, 4) is 0 Å². The molecular weight excluding hydrogens is 192 g/mol. The molecule has 0 saturated heterocycles. The van der Waals surface area contributed by atoms with Crippen molar-refractivity contribution in [1.82, 2.24) is 0 Å². The topological polar surface area (TPSA) is 0 Å². The van der Waals surface area contributed by atoms with Crippen molar-refractivity contribution < 1.29 is 0 Å². The molecule has 0 atom stereocenters. The Balaban J connectivity index is 4.17. The van der Waals surface area contributed by atoms with Gasteiger partial charge in [-0.15, -0.1) is 11.6 Å². The predicted molar refractivity (Wildman–Crippen MR) is 67.0 cm³/mol. The number of halogens is 1. The molecule has 0 bridgehead atoms. The molecule has 0 rings (SSSR count). The lowest BCUT2D eigenvalue weighted by Crippen LogP contribution is -2.25. The molecule has 0 N–H and O–H groups in total. The molecule has 0 saturated carbocycles. The van der Waals surface area contributed by atoms with Crippen LogP contribution in [0.3, 0.4) is 0 Å². The van der Waals surface area contributed by atoms with Gasteiger partial charge < -0.3 is 0 Å². The van der Waals surface area contributed by atoms with Crippen LogP contribution in [0.4, 0.5) is 0 Å². The minimum Gasteiger partial charge on any atom is -0.119 e. The van der Waals surface area contributed by atoms with E-state index in [1.54, 1.807) is 0 Å². The number of hydrogen-bond acceptors (Lipinski definition) is 0. The van der Waals surface area contributed by atoms with Crippen molar-refractivity contribution in [3.63, 3.8) is 0 Å². The van der Waals surface area contributed by atoms with Gasteiger partial charge in [0.1, 0.15) is 0 Å². The summed E-state index contributed by atoms with van der Waals surface area (Å²) in [6, 6.07) is 0. The third-order valence-electron chi connectivity index (χ3n) is 2.53. The number of hydrogen-bond donors (Lipinski definition) is 0. The molecule has 0 nitrogen and oxygen atoms in total. The Morgan fingerprint density at radius 2 is 1.43 bits per heavy atom. The maximum absolute atomic E-state index is 6.71. The van der Waals surface area contributed by atoms with E-state index in [9.17, 15) is 0 Å². The van der Waals surface area contributed by atoms with E-state index in [4.69, 9.17) is 11.6 Å². The van der Waals surface area contributed by atoms with Crippen molar-refractivity contribution in [2.45, 2.75) is 71.6 Å². The van der Waals surface area contributed by atoms with Gasteiger partial charge in [-0.2, -0.15) is 0 Å². The van der Waals surface area contributed by atoms with Crippen LogP contribution < -0.4 is 0 Å². The molecule has 0 aliphatic heterocycles. The van der Waals surface area contributed by atoms with Gasteiger partial charge >= 0.3 is 0 Å². The molecule has 14 heavy (non-hydrogen) atoms. The summed E-state index contributed by atoms with van der Waals surface area (Å²) in [5, 5.41) is 0. The Morgan fingerprint density at radius 1 is 1.00 bits per heavy atom. The van der Waals surface area contributed by atoms with E-state index in [1.165, 1.54) is 19.3 Å². The zero-order valence-corrected chi connectivity index (χ0v) is 11.3. The van der Waals surface area contributed by atoms with Crippen molar-refractivity contribution in [1.29, 1.82) is 0 Å². The van der Waals surface area contributed by atoms with E-state index < -0.39 is 0 Å². The van der Waals surface area contributed by atoms with Crippen LogP contribution in [0.1, 0.15) is 66.7 Å². The van der Waals surface area contributed by atoms with E-state index in [0.29, 0.717) is 11.8 Å². The fraction of sp³-hybridized carbons (Fsp3) is 1.00. The quantitative estimate of drug-likeness (QED) is 0.513. The van der Waals surface area contributed by atoms with E-state index in [1.807, 2.05) is 0 Å². The SMILES string of the molecule is CCCCC(Cl)(CC(C)C)CC(C)C. The molecule has 1 heteroatoms. The summed E-state index contributed by atoms with van der Waals surface area (Å²) in [5.41, 5.74) is 0. The average Bonchev–Trinajstić information content (AvgIpc) is 1.97. The maximum atomic E-state index is 6.71. The lowest BCUT2D eigenvalue weighted by molar-refractivity contribution is 0.348. The third kappa shape index (κ3) is 6.70. The van der Waals surface area contributed by atoms with Gasteiger partial charge in [0.2, 0.25) is 0 Å². The Kier molecular flexibility index (Phi) is 6.85. The number of alkyl halides is 1. The molecule has 86 valence electrons. The van der Waals surface area contributed by atoms with Crippen molar-refractivity contribution >= 4 is 11.6 Å². The summed E-state index contributed by atoms with van der Waals surface area (Å²) in [6.07, 6.45) is 6.02. The molecular formula is C13H27Cl. The van der Waals surface area contributed by atoms with Gasteiger partial charge in [0.25, 0.3) is 0 Å². The molecule has 0 aromatic rings. The van der Waals surface area contributed by atoms with Crippen LogP contribution in [0.2, 0.25) is 0 Å². The Morgan fingerprint density at radius 3 is 1.71 bits per heavy atom. The molecule has 0 aliphatic carbocycles. The summed E-state index contributed by atoms with van der Waals surface area (Å²) in [6.45, 7) is 11.3. The summed E-state index contributed by atoms with van der Waals surface area (Å²) in [7, 11) is 0. The number of unbranched alkanes of at least 4 members (excludes halogenated alkanes) is 1. The predicted octanol–water partition coefficient (Wildman–Crippen LogP) is 5.25. The maximum Gasteiger partial charge on any atom is 0.0451 e. The van der Waals surface area contributed by atoms with Crippen molar-refractivity contribution in [2.24, 2.45) is 11.8 Å². The highest BCUT2D eigenvalue weighted by Gasteiger charge is 2.28. The second-order valence-corrected chi connectivity index (χ2v) is 6.25. The first-order chi connectivity index (χ1) is 6.39. The van der Waals surface area contributed by atoms with Crippen LogP contribution in [-0.4, -0.2) is 4.87 Å².